The Morgan fingerprint density at radius 2 is 2.07 bits per heavy atom. The van der Waals surface area contributed by atoms with Gasteiger partial charge in [0.1, 0.15) is 11.8 Å². The van der Waals surface area contributed by atoms with E-state index in [4.69, 9.17) is 4.74 Å². The maximum absolute atomic E-state index is 12.5. The largest absolute Gasteiger partial charge is 0.497 e. The molecule has 2 atom stereocenters. The Hall–Kier alpha value is -2.26. The maximum atomic E-state index is 12.5. The van der Waals surface area contributed by atoms with Gasteiger partial charge in [-0.2, -0.15) is 11.8 Å². The molecule has 1 aliphatic heterocycles. The molecule has 1 fully saturated rings. The summed E-state index contributed by atoms with van der Waals surface area (Å²) in [5, 5.41) is 14.7. The summed E-state index contributed by atoms with van der Waals surface area (Å²) in [6.45, 7) is 0.0413. The molecule has 0 radical (unpaired) electrons. The molecular formula is C19H27N3O5S. The fourth-order valence-electron chi connectivity index (χ4n) is 2.88. The summed E-state index contributed by atoms with van der Waals surface area (Å²) in [5.41, 5.74) is 0.808. The van der Waals surface area contributed by atoms with Crippen LogP contribution in [0.2, 0.25) is 0 Å². The minimum absolute atomic E-state index is 0.100. The van der Waals surface area contributed by atoms with Gasteiger partial charge in [-0.05, 0) is 42.5 Å². The van der Waals surface area contributed by atoms with Gasteiger partial charge in [0.05, 0.1) is 26.3 Å². The maximum Gasteiger partial charge on any atom is 0.325 e. The van der Waals surface area contributed by atoms with Crippen LogP contribution in [0, 0.1) is 0 Å². The van der Waals surface area contributed by atoms with Crippen molar-refractivity contribution < 1.29 is 24.2 Å². The SMILES string of the molecule is COc1ccc(CN2C(=O)N[C@@H](CCC(=O)N[C@H](CO)CCSC)C2=O)cc1. The first-order chi connectivity index (χ1) is 13.5. The monoisotopic (exact) mass is 409 g/mol. The number of aliphatic hydroxyl groups excluding tert-OH is 1. The number of rotatable bonds is 11. The van der Waals surface area contributed by atoms with E-state index in [0.717, 1.165) is 16.2 Å². The highest BCUT2D eigenvalue weighted by Crippen LogP contribution is 2.17. The molecule has 154 valence electrons. The van der Waals surface area contributed by atoms with Crippen LogP contribution in [0.1, 0.15) is 24.8 Å². The molecule has 0 saturated carbocycles. The van der Waals surface area contributed by atoms with Crippen molar-refractivity contribution >= 4 is 29.6 Å². The van der Waals surface area contributed by atoms with Crippen molar-refractivity contribution in [3.63, 3.8) is 0 Å². The van der Waals surface area contributed by atoms with E-state index in [1.807, 2.05) is 6.26 Å². The molecule has 0 bridgehead atoms. The van der Waals surface area contributed by atoms with E-state index in [9.17, 15) is 19.5 Å². The van der Waals surface area contributed by atoms with Gasteiger partial charge in [-0.15, -0.1) is 0 Å². The number of methoxy groups -OCH3 is 1. The van der Waals surface area contributed by atoms with Crippen LogP contribution in [0.25, 0.3) is 0 Å². The van der Waals surface area contributed by atoms with E-state index in [-0.39, 0.29) is 43.8 Å². The standard InChI is InChI=1S/C19H27N3O5S/c1-27-15-5-3-13(4-6-15)11-22-18(25)16(21-19(22)26)7-8-17(24)20-14(12-23)9-10-28-2/h3-6,14,16,23H,7-12H2,1-2H3,(H,20,24)(H,21,26)/t14-,16-/m0/s1. The van der Waals surface area contributed by atoms with Crippen molar-refractivity contribution in [3.05, 3.63) is 29.8 Å². The fraction of sp³-hybridized carbons (Fsp3) is 0.526. The molecule has 1 aromatic carbocycles. The second-order valence-electron chi connectivity index (χ2n) is 6.54. The zero-order chi connectivity index (χ0) is 20.5. The Morgan fingerprint density at radius 3 is 2.68 bits per heavy atom. The number of imide groups is 1. The molecule has 1 aromatic rings. The Morgan fingerprint density at radius 1 is 1.36 bits per heavy atom. The van der Waals surface area contributed by atoms with Gasteiger partial charge in [0, 0.05) is 6.42 Å². The second kappa shape index (κ2) is 10.9. The lowest BCUT2D eigenvalue weighted by atomic mass is 10.1. The summed E-state index contributed by atoms with van der Waals surface area (Å²) in [5.74, 6) is 0.956. The fourth-order valence-corrected chi connectivity index (χ4v) is 3.40. The second-order valence-corrected chi connectivity index (χ2v) is 7.53. The van der Waals surface area contributed by atoms with Crippen molar-refractivity contribution in [2.24, 2.45) is 0 Å². The number of carbonyl (C=O) groups excluding carboxylic acids is 3. The zero-order valence-electron chi connectivity index (χ0n) is 16.1. The Labute approximate surface area is 169 Å². The number of nitrogens with one attached hydrogen (secondary N) is 2. The number of carbonyl (C=O) groups is 3. The highest BCUT2D eigenvalue weighted by molar-refractivity contribution is 7.98. The van der Waals surface area contributed by atoms with E-state index in [1.165, 1.54) is 0 Å². The molecule has 8 nitrogen and oxygen atoms in total. The third-order valence-corrected chi connectivity index (χ3v) is 5.17. The normalized spacial score (nSPS) is 17.4. The number of amides is 4. The lowest BCUT2D eigenvalue weighted by molar-refractivity contribution is -0.128. The van der Waals surface area contributed by atoms with Crippen LogP contribution in [0.5, 0.6) is 5.75 Å². The first kappa shape index (κ1) is 22.0. The number of nitrogens with zero attached hydrogens (tertiary/aromatic N) is 1. The average molecular weight is 410 g/mol. The molecule has 0 aromatic heterocycles. The number of hydrogen-bond donors (Lipinski definition) is 3. The summed E-state index contributed by atoms with van der Waals surface area (Å²) in [4.78, 5) is 37.9. The topological polar surface area (TPSA) is 108 Å². The van der Waals surface area contributed by atoms with Crippen LogP contribution in [0.3, 0.4) is 0 Å². The summed E-state index contributed by atoms with van der Waals surface area (Å²) in [7, 11) is 1.57. The van der Waals surface area contributed by atoms with E-state index in [2.05, 4.69) is 10.6 Å². The molecule has 1 heterocycles. The van der Waals surface area contributed by atoms with Gasteiger partial charge >= 0.3 is 6.03 Å². The minimum Gasteiger partial charge on any atom is -0.497 e. The highest BCUT2D eigenvalue weighted by atomic mass is 32.2. The van der Waals surface area contributed by atoms with E-state index >= 15 is 0 Å². The van der Waals surface area contributed by atoms with Gasteiger partial charge in [-0.1, -0.05) is 12.1 Å². The zero-order valence-corrected chi connectivity index (χ0v) is 17.0. The van der Waals surface area contributed by atoms with Crippen LogP contribution < -0.4 is 15.4 Å². The molecule has 28 heavy (non-hydrogen) atoms. The summed E-state index contributed by atoms with van der Waals surface area (Å²) < 4.78 is 5.10. The summed E-state index contributed by atoms with van der Waals surface area (Å²) in [6.07, 6.45) is 2.96. The van der Waals surface area contributed by atoms with Crippen LogP contribution in [0.4, 0.5) is 4.79 Å². The Balaban J connectivity index is 1.84. The Kier molecular flexibility index (Phi) is 8.59. The van der Waals surface area contributed by atoms with E-state index < -0.39 is 12.1 Å². The molecule has 4 amide bonds. The number of ether oxygens (including phenoxy) is 1. The van der Waals surface area contributed by atoms with Crippen molar-refractivity contribution in [1.29, 1.82) is 0 Å². The van der Waals surface area contributed by atoms with Crippen molar-refractivity contribution in [2.45, 2.75) is 37.9 Å². The average Bonchev–Trinajstić information content (AvgIpc) is 2.97. The molecule has 0 spiro atoms. The minimum atomic E-state index is -0.713. The number of thioether (sulfide) groups is 1. The lowest BCUT2D eigenvalue weighted by Crippen LogP contribution is -2.39. The predicted octanol–water partition coefficient (Wildman–Crippen LogP) is 1.13. The number of urea groups is 1. The Bertz CT molecular complexity index is 683. The summed E-state index contributed by atoms with van der Waals surface area (Å²) in [6, 6.07) is 5.66. The van der Waals surface area contributed by atoms with Crippen molar-refractivity contribution in [3.8, 4) is 5.75 Å². The molecule has 3 N–H and O–H groups in total. The van der Waals surface area contributed by atoms with Gasteiger partial charge in [-0.3, -0.25) is 14.5 Å². The molecule has 0 aliphatic carbocycles. The lowest BCUT2D eigenvalue weighted by Gasteiger charge is -2.16. The smallest absolute Gasteiger partial charge is 0.325 e. The molecule has 2 rings (SSSR count). The van der Waals surface area contributed by atoms with Crippen LogP contribution in [0.15, 0.2) is 24.3 Å². The number of hydrogen-bond acceptors (Lipinski definition) is 6. The molecule has 1 saturated heterocycles. The number of benzene rings is 1. The van der Waals surface area contributed by atoms with Crippen LogP contribution >= 0.6 is 11.8 Å². The van der Waals surface area contributed by atoms with Crippen molar-refractivity contribution in [1.82, 2.24) is 15.5 Å². The van der Waals surface area contributed by atoms with Crippen LogP contribution in [-0.2, 0) is 16.1 Å². The first-order valence-corrected chi connectivity index (χ1v) is 10.5. The van der Waals surface area contributed by atoms with Gasteiger partial charge in [0.15, 0.2) is 0 Å². The van der Waals surface area contributed by atoms with Gasteiger partial charge in [-0.25, -0.2) is 4.79 Å². The predicted molar refractivity (Wildman–Crippen MR) is 107 cm³/mol. The summed E-state index contributed by atoms with van der Waals surface area (Å²) >= 11 is 1.64. The highest BCUT2D eigenvalue weighted by Gasteiger charge is 2.37. The van der Waals surface area contributed by atoms with Gasteiger partial charge in [0.25, 0.3) is 5.91 Å². The third-order valence-electron chi connectivity index (χ3n) is 4.52. The molecule has 1 aliphatic rings. The molecular weight excluding hydrogens is 382 g/mol. The van der Waals surface area contributed by atoms with E-state index in [1.54, 1.807) is 43.1 Å². The number of aliphatic hydroxyl groups is 1. The van der Waals surface area contributed by atoms with Crippen LogP contribution in [-0.4, -0.2) is 65.7 Å². The van der Waals surface area contributed by atoms with E-state index in [0.29, 0.717) is 12.2 Å². The first-order valence-electron chi connectivity index (χ1n) is 9.12. The quantitative estimate of drug-likeness (QED) is 0.473. The van der Waals surface area contributed by atoms with Gasteiger partial charge in [0.2, 0.25) is 5.91 Å². The van der Waals surface area contributed by atoms with Gasteiger partial charge < -0.3 is 20.5 Å². The molecule has 0 unspecified atom stereocenters. The third kappa shape index (κ3) is 6.13. The molecule has 9 heteroatoms. The van der Waals surface area contributed by atoms with Crippen molar-refractivity contribution in [2.75, 3.05) is 25.7 Å².